The van der Waals surface area contributed by atoms with Gasteiger partial charge in [0.25, 0.3) is 11.9 Å². The van der Waals surface area contributed by atoms with Gasteiger partial charge >= 0.3 is 12.1 Å². The summed E-state index contributed by atoms with van der Waals surface area (Å²) in [5, 5.41) is 18.0. The topological polar surface area (TPSA) is 138 Å². The number of rotatable bonds is 6. The van der Waals surface area contributed by atoms with E-state index in [9.17, 15) is 14.4 Å². The maximum atomic E-state index is 12.9. The largest absolute Gasteiger partial charge is 0.481 e. The number of carboxylic acid groups (broad SMARTS) is 1. The van der Waals surface area contributed by atoms with Crippen molar-refractivity contribution in [2.45, 2.75) is 37.6 Å². The van der Waals surface area contributed by atoms with Crippen molar-refractivity contribution in [3.63, 3.8) is 0 Å². The van der Waals surface area contributed by atoms with Crippen LogP contribution in [0.3, 0.4) is 0 Å². The number of carbonyl (C=O) groups is 3. The molecule has 1 atom stereocenters. The molecule has 2 aromatic carbocycles. The number of ether oxygens (including phenoxy) is 1. The molecule has 5 rings (SSSR count). The highest BCUT2D eigenvalue weighted by Crippen LogP contribution is 2.44. The molecule has 10 nitrogen and oxygen atoms in total. The smallest absolute Gasteiger partial charge is 0.414 e. The van der Waals surface area contributed by atoms with Crippen molar-refractivity contribution in [3.8, 4) is 11.1 Å². The van der Waals surface area contributed by atoms with E-state index in [0.717, 1.165) is 35.1 Å². The van der Waals surface area contributed by atoms with Gasteiger partial charge in [-0.15, -0.1) is 5.10 Å². The number of piperidine rings is 1. The number of hydrogen-bond acceptors (Lipinski definition) is 6. The summed E-state index contributed by atoms with van der Waals surface area (Å²) in [5.41, 5.74) is 4.47. The first kappa shape index (κ1) is 22.6. The van der Waals surface area contributed by atoms with E-state index >= 15 is 0 Å². The second kappa shape index (κ2) is 9.57. The summed E-state index contributed by atoms with van der Waals surface area (Å²) in [6.45, 7) is 0.591. The Labute approximate surface area is 201 Å². The second-order valence-electron chi connectivity index (χ2n) is 8.70. The van der Waals surface area contributed by atoms with Crippen molar-refractivity contribution < 1.29 is 24.2 Å². The predicted molar refractivity (Wildman–Crippen MR) is 126 cm³/mol. The van der Waals surface area contributed by atoms with Gasteiger partial charge in [-0.2, -0.15) is 4.98 Å². The zero-order chi connectivity index (χ0) is 24.4. The lowest BCUT2D eigenvalue weighted by Gasteiger charge is -2.34. The molecule has 1 aromatic heterocycles. The molecule has 3 N–H and O–H groups in total. The number of amides is 2. The molecule has 1 fully saturated rings. The first-order chi connectivity index (χ1) is 17.0. The third-order valence-electron chi connectivity index (χ3n) is 6.54. The molecule has 35 heavy (non-hydrogen) atoms. The number of fused-ring (bicyclic) bond motifs is 3. The summed E-state index contributed by atoms with van der Waals surface area (Å²) >= 11 is 0. The van der Waals surface area contributed by atoms with Crippen molar-refractivity contribution >= 4 is 23.9 Å². The Balaban J connectivity index is 1.22. The number of aromatic nitrogens is 3. The molecule has 0 radical (unpaired) electrons. The van der Waals surface area contributed by atoms with Crippen LogP contribution in [0, 0.1) is 0 Å². The van der Waals surface area contributed by atoms with Crippen LogP contribution in [0.15, 0.2) is 48.5 Å². The molecule has 0 spiro atoms. The van der Waals surface area contributed by atoms with Crippen LogP contribution in [0.4, 0.5) is 10.7 Å². The maximum Gasteiger partial charge on any atom is 0.414 e. The molecule has 0 unspecified atom stereocenters. The van der Waals surface area contributed by atoms with Crippen molar-refractivity contribution in [1.82, 2.24) is 20.1 Å². The minimum absolute atomic E-state index is 0.0590. The molecule has 2 amide bonds. The van der Waals surface area contributed by atoms with Crippen molar-refractivity contribution in [3.05, 3.63) is 65.5 Å². The number of nitrogens with zero attached hydrogens (tertiary/aromatic N) is 3. The molecule has 1 saturated heterocycles. The Morgan fingerprint density at radius 3 is 2.43 bits per heavy atom. The van der Waals surface area contributed by atoms with Gasteiger partial charge in [0.2, 0.25) is 5.82 Å². The first-order valence-corrected chi connectivity index (χ1v) is 11.6. The van der Waals surface area contributed by atoms with Gasteiger partial charge in [-0.3, -0.25) is 20.0 Å². The minimum Gasteiger partial charge on any atom is -0.481 e. The lowest BCUT2D eigenvalue weighted by molar-refractivity contribution is -0.138. The normalized spacial score (nSPS) is 16.9. The predicted octanol–water partition coefficient (Wildman–Crippen LogP) is 3.64. The molecule has 10 heteroatoms. The summed E-state index contributed by atoms with van der Waals surface area (Å²) < 4.78 is 5.49. The molecular formula is C25H25N5O5. The number of anilines is 1. The monoisotopic (exact) mass is 475 g/mol. The van der Waals surface area contributed by atoms with E-state index in [1.807, 2.05) is 36.4 Å². The number of carboxylic acids is 1. The summed E-state index contributed by atoms with van der Waals surface area (Å²) in [7, 11) is 0. The highest BCUT2D eigenvalue weighted by atomic mass is 16.5. The molecule has 0 saturated carbocycles. The molecular weight excluding hydrogens is 450 g/mol. The van der Waals surface area contributed by atoms with Crippen LogP contribution in [-0.2, 0) is 9.53 Å². The number of hydrogen-bond donors (Lipinski definition) is 3. The summed E-state index contributed by atoms with van der Waals surface area (Å²) in [6.07, 6.45) is 1.43. The molecule has 3 aromatic rings. The number of H-pyrrole nitrogens is 1. The Morgan fingerprint density at radius 2 is 1.74 bits per heavy atom. The summed E-state index contributed by atoms with van der Waals surface area (Å²) in [6, 6.07) is 15.7. The lowest BCUT2D eigenvalue weighted by atomic mass is 9.98. The fourth-order valence-electron chi connectivity index (χ4n) is 4.96. The van der Waals surface area contributed by atoms with Gasteiger partial charge in [-0.1, -0.05) is 48.5 Å². The number of nitrogens with one attached hydrogen (secondary N) is 2. The number of carbonyl (C=O) groups excluding carboxylic acids is 2. The third-order valence-corrected chi connectivity index (χ3v) is 6.54. The fraction of sp³-hybridized carbons (Fsp3) is 0.320. The van der Waals surface area contributed by atoms with E-state index in [1.165, 1.54) is 4.90 Å². The Hall–Kier alpha value is -4.21. The number of likely N-dealkylation sites (tertiary alicyclic amines) is 1. The van der Waals surface area contributed by atoms with E-state index in [0.29, 0.717) is 13.0 Å². The molecule has 1 aliphatic heterocycles. The van der Waals surface area contributed by atoms with E-state index in [4.69, 9.17) is 9.84 Å². The minimum atomic E-state index is -0.954. The molecule has 2 aliphatic rings. The van der Waals surface area contributed by atoms with Crippen LogP contribution in [0.5, 0.6) is 0 Å². The molecule has 180 valence electrons. The van der Waals surface area contributed by atoms with Crippen molar-refractivity contribution in [2.75, 3.05) is 18.5 Å². The maximum absolute atomic E-state index is 12.9. The van der Waals surface area contributed by atoms with Crippen molar-refractivity contribution in [2.24, 2.45) is 0 Å². The lowest BCUT2D eigenvalue weighted by Crippen LogP contribution is -2.45. The van der Waals surface area contributed by atoms with Crippen LogP contribution in [0.1, 0.15) is 53.3 Å². The van der Waals surface area contributed by atoms with Crippen LogP contribution < -0.4 is 5.32 Å². The number of aliphatic carboxylic acids is 1. The second-order valence-corrected chi connectivity index (χ2v) is 8.70. The zero-order valence-corrected chi connectivity index (χ0v) is 18.9. The van der Waals surface area contributed by atoms with Gasteiger partial charge in [-0.05, 0) is 41.5 Å². The average Bonchev–Trinajstić information content (AvgIpc) is 3.45. The quantitative estimate of drug-likeness (QED) is 0.495. The number of benzene rings is 2. The van der Waals surface area contributed by atoms with Gasteiger partial charge in [-0.25, -0.2) is 4.79 Å². The summed E-state index contributed by atoms with van der Waals surface area (Å²) in [4.78, 5) is 42.1. The van der Waals surface area contributed by atoms with Crippen LogP contribution in [-0.4, -0.2) is 62.4 Å². The van der Waals surface area contributed by atoms with Gasteiger partial charge in [0.1, 0.15) is 6.61 Å². The molecule has 2 heterocycles. The van der Waals surface area contributed by atoms with Crippen LogP contribution in [0.2, 0.25) is 0 Å². The van der Waals surface area contributed by atoms with E-state index in [-0.39, 0.29) is 30.7 Å². The number of aromatic amines is 1. The Morgan fingerprint density at radius 1 is 1.06 bits per heavy atom. The van der Waals surface area contributed by atoms with E-state index < -0.39 is 24.0 Å². The van der Waals surface area contributed by atoms with Crippen molar-refractivity contribution in [1.29, 1.82) is 0 Å². The third kappa shape index (κ3) is 4.59. The highest BCUT2D eigenvalue weighted by Gasteiger charge is 2.32. The Bertz CT molecular complexity index is 1230. The molecule has 1 aliphatic carbocycles. The highest BCUT2D eigenvalue weighted by molar-refractivity contribution is 5.92. The Kier molecular flexibility index (Phi) is 6.17. The van der Waals surface area contributed by atoms with E-state index in [1.54, 1.807) is 0 Å². The van der Waals surface area contributed by atoms with Crippen LogP contribution >= 0.6 is 0 Å². The fourth-order valence-corrected chi connectivity index (χ4v) is 4.96. The standard InChI is InChI=1S/C25H25N5O5/c31-21(32)13-15-7-5-6-12-30(15)23(33)22-26-24(29-28-22)27-25(34)35-14-20-18-10-3-1-8-16(18)17-9-2-4-11-19(17)20/h1-4,8-11,15,20H,5-7,12-14H2,(H,31,32)(H2,26,27,28,29,34)/t15-/m1/s1. The first-order valence-electron chi connectivity index (χ1n) is 11.6. The zero-order valence-electron chi connectivity index (χ0n) is 18.9. The average molecular weight is 476 g/mol. The van der Waals surface area contributed by atoms with Gasteiger partial charge in [0.15, 0.2) is 0 Å². The SMILES string of the molecule is O=C(O)C[C@H]1CCCCN1C(=O)c1nc(NC(=O)OCC2c3ccccc3-c3ccccc32)n[nH]1. The van der Waals surface area contributed by atoms with Gasteiger partial charge in [0, 0.05) is 18.5 Å². The summed E-state index contributed by atoms with van der Waals surface area (Å²) in [5.74, 6) is -1.62. The van der Waals surface area contributed by atoms with Gasteiger partial charge < -0.3 is 14.7 Å². The molecule has 0 bridgehead atoms. The van der Waals surface area contributed by atoms with E-state index in [2.05, 4.69) is 32.6 Å². The van der Waals surface area contributed by atoms with Crippen LogP contribution in [0.25, 0.3) is 11.1 Å². The van der Waals surface area contributed by atoms with Gasteiger partial charge in [0.05, 0.1) is 6.42 Å².